The predicted molar refractivity (Wildman–Crippen MR) is 67.1 cm³/mol. The molecule has 0 aliphatic heterocycles. The van der Waals surface area contributed by atoms with Crippen LogP contribution in [0.5, 0.6) is 0 Å². The third kappa shape index (κ3) is 1.80. The summed E-state index contributed by atoms with van der Waals surface area (Å²) in [5.41, 5.74) is 7.00. The molecule has 4 atom stereocenters. The van der Waals surface area contributed by atoms with Crippen molar-refractivity contribution in [3.05, 3.63) is 0 Å². The molecule has 3 N–H and O–H groups in total. The first-order valence-corrected chi connectivity index (χ1v) is 7.20. The SMILES string of the molecule is CCC1(CNCC2C3CCC(C3)C2N)CC1. The zero-order valence-electron chi connectivity index (χ0n) is 10.5. The fourth-order valence-electron chi connectivity index (χ4n) is 4.09. The van der Waals surface area contributed by atoms with Crippen molar-refractivity contribution in [3.63, 3.8) is 0 Å². The van der Waals surface area contributed by atoms with Crippen molar-refractivity contribution in [3.8, 4) is 0 Å². The van der Waals surface area contributed by atoms with Crippen molar-refractivity contribution in [1.29, 1.82) is 0 Å². The van der Waals surface area contributed by atoms with Crippen molar-refractivity contribution in [2.24, 2.45) is 28.9 Å². The molecule has 92 valence electrons. The second-order valence-corrected chi connectivity index (χ2v) is 6.56. The Bertz CT molecular complexity index is 257. The predicted octanol–water partition coefficient (Wildman–Crippen LogP) is 2.14. The van der Waals surface area contributed by atoms with Crippen LogP contribution in [0.2, 0.25) is 0 Å². The average Bonchev–Trinajstić information content (AvgIpc) is 2.81. The Kier molecular flexibility index (Phi) is 2.75. The Morgan fingerprint density at radius 3 is 2.56 bits per heavy atom. The molecule has 0 saturated heterocycles. The van der Waals surface area contributed by atoms with Crippen LogP contribution in [0, 0.1) is 23.2 Å². The van der Waals surface area contributed by atoms with Crippen LogP contribution in [0.3, 0.4) is 0 Å². The highest BCUT2D eigenvalue weighted by molar-refractivity contribution is 5.00. The van der Waals surface area contributed by atoms with Gasteiger partial charge in [0.1, 0.15) is 0 Å². The molecule has 0 aromatic heterocycles. The van der Waals surface area contributed by atoms with Gasteiger partial charge < -0.3 is 11.1 Å². The molecule has 16 heavy (non-hydrogen) atoms. The monoisotopic (exact) mass is 222 g/mol. The lowest BCUT2D eigenvalue weighted by Crippen LogP contribution is -2.42. The summed E-state index contributed by atoms with van der Waals surface area (Å²) in [6.45, 7) is 4.76. The van der Waals surface area contributed by atoms with Crippen molar-refractivity contribution < 1.29 is 0 Å². The first-order valence-electron chi connectivity index (χ1n) is 7.20. The molecule has 0 amide bonds. The molecule has 4 unspecified atom stereocenters. The van der Waals surface area contributed by atoms with Gasteiger partial charge >= 0.3 is 0 Å². The number of nitrogens with one attached hydrogen (secondary N) is 1. The quantitative estimate of drug-likeness (QED) is 0.748. The molecule has 2 nitrogen and oxygen atoms in total. The van der Waals surface area contributed by atoms with Gasteiger partial charge in [-0.05, 0) is 68.2 Å². The van der Waals surface area contributed by atoms with E-state index in [1.807, 2.05) is 0 Å². The molecule has 3 fully saturated rings. The zero-order chi connectivity index (χ0) is 11.2. The maximum absolute atomic E-state index is 6.32. The largest absolute Gasteiger partial charge is 0.327 e. The van der Waals surface area contributed by atoms with Crippen LogP contribution in [-0.4, -0.2) is 19.1 Å². The van der Waals surface area contributed by atoms with Crippen LogP contribution in [-0.2, 0) is 0 Å². The summed E-state index contributed by atoms with van der Waals surface area (Å²) in [6.07, 6.45) is 8.51. The van der Waals surface area contributed by atoms with Gasteiger partial charge in [0.15, 0.2) is 0 Å². The van der Waals surface area contributed by atoms with Gasteiger partial charge in [0, 0.05) is 12.6 Å². The lowest BCUT2D eigenvalue weighted by Gasteiger charge is -2.29. The molecule has 0 radical (unpaired) electrons. The van der Waals surface area contributed by atoms with E-state index in [-0.39, 0.29) is 0 Å². The van der Waals surface area contributed by atoms with Crippen LogP contribution in [0.25, 0.3) is 0 Å². The summed E-state index contributed by atoms with van der Waals surface area (Å²) >= 11 is 0. The lowest BCUT2D eigenvalue weighted by molar-refractivity contribution is 0.270. The van der Waals surface area contributed by atoms with Gasteiger partial charge in [-0.1, -0.05) is 6.92 Å². The molecule has 3 aliphatic rings. The second kappa shape index (κ2) is 3.99. The number of hydrogen-bond donors (Lipinski definition) is 2. The molecule has 0 aromatic carbocycles. The van der Waals surface area contributed by atoms with Gasteiger partial charge in [-0.25, -0.2) is 0 Å². The van der Waals surface area contributed by atoms with Gasteiger partial charge in [-0.3, -0.25) is 0 Å². The molecule has 3 rings (SSSR count). The van der Waals surface area contributed by atoms with E-state index in [0.29, 0.717) is 11.5 Å². The first-order chi connectivity index (χ1) is 7.74. The van der Waals surface area contributed by atoms with E-state index in [0.717, 1.165) is 17.8 Å². The standard InChI is InChI=1S/C14H26N2/c1-2-14(5-6-14)9-16-8-12-10-3-4-11(7-10)13(12)15/h10-13,16H,2-9,15H2,1H3. The van der Waals surface area contributed by atoms with Gasteiger partial charge in [0.2, 0.25) is 0 Å². The fourth-order valence-corrected chi connectivity index (χ4v) is 4.09. The zero-order valence-corrected chi connectivity index (χ0v) is 10.5. The normalized spacial score (nSPS) is 43.9. The smallest absolute Gasteiger partial charge is 0.0110 e. The molecule has 0 aromatic rings. The maximum Gasteiger partial charge on any atom is 0.0110 e. The minimum atomic E-state index is 0.503. The van der Waals surface area contributed by atoms with Crippen LogP contribution < -0.4 is 11.1 Å². The van der Waals surface area contributed by atoms with Gasteiger partial charge in [-0.2, -0.15) is 0 Å². The Balaban J connectivity index is 1.45. The Labute approximate surface area is 99.4 Å². The molecule has 3 saturated carbocycles. The molecule has 2 heteroatoms. The second-order valence-electron chi connectivity index (χ2n) is 6.56. The molecule has 0 spiro atoms. The van der Waals surface area contributed by atoms with E-state index in [9.17, 15) is 0 Å². The Morgan fingerprint density at radius 1 is 1.25 bits per heavy atom. The first kappa shape index (κ1) is 11.0. The Morgan fingerprint density at radius 2 is 2.00 bits per heavy atom. The summed E-state index contributed by atoms with van der Waals surface area (Å²) in [5, 5.41) is 3.72. The average molecular weight is 222 g/mol. The fraction of sp³-hybridized carbons (Fsp3) is 1.00. The van der Waals surface area contributed by atoms with Crippen LogP contribution in [0.1, 0.15) is 45.4 Å². The van der Waals surface area contributed by atoms with Crippen molar-refractivity contribution in [1.82, 2.24) is 5.32 Å². The van der Waals surface area contributed by atoms with E-state index in [2.05, 4.69) is 12.2 Å². The van der Waals surface area contributed by atoms with Gasteiger partial charge in [-0.15, -0.1) is 0 Å². The minimum Gasteiger partial charge on any atom is -0.327 e. The lowest BCUT2D eigenvalue weighted by atomic mass is 9.85. The van der Waals surface area contributed by atoms with E-state index in [1.54, 1.807) is 0 Å². The van der Waals surface area contributed by atoms with Gasteiger partial charge in [0.25, 0.3) is 0 Å². The number of rotatable bonds is 5. The molecule has 0 heterocycles. The van der Waals surface area contributed by atoms with Crippen LogP contribution >= 0.6 is 0 Å². The van der Waals surface area contributed by atoms with Crippen molar-refractivity contribution >= 4 is 0 Å². The van der Waals surface area contributed by atoms with E-state index in [4.69, 9.17) is 5.73 Å². The number of hydrogen-bond acceptors (Lipinski definition) is 2. The maximum atomic E-state index is 6.32. The van der Waals surface area contributed by atoms with Crippen LogP contribution in [0.15, 0.2) is 0 Å². The third-order valence-electron chi connectivity index (χ3n) is 5.75. The van der Waals surface area contributed by atoms with E-state index < -0.39 is 0 Å². The summed E-state index contributed by atoms with van der Waals surface area (Å²) in [7, 11) is 0. The van der Waals surface area contributed by atoms with E-state index >= 15 is 0 Å². The summed E-state index contributed by atoms with van der Waals surface area (Å²) in [4.78, 5) is 0. The molecule has 3 aliphatic carbocycles. The van der Waals surface area contributed by atoms with Gasteiger partial charge in [0.05, 0.1) is 0 Å². The highest BCUT2D eigenvalue weighted by Crippen LogP contribution is 2.49. The van der Waals surface area contributed by atoms with Crippen molar-refractivity contribution in [2.75, 3.05) is 13.1 Å². The molecule has 2 bridgehead atoms. The van der Waals surface area contributed by atoms with Crippen LogP contribution in [0.4, 0.5) is 0 Å². The summed E-state index contributed by atoms with van der Waals surface area (Å²) in [6, 6.07) is 0.503. The van der Waals surface area contributed by atoms with E-state index in [1.165, 1.54) is 51.6 Å². The summed E-state index contributed by atoms with van der Waals surface area (Å²) in [5.74, 6) is 2.59. The highest BCUT2D eigenvalue weighted by Gasteiger charge is 2.46. The third-order valence-corrected chi connectivity index (χ3v) is 5.75. The Hall–Kier alpha value is -0.0800. The highest BCUT2D eigenvalue weighted by atomic mass is 14.9. The number of nitrogens with two attached hydrogens (primary N) is 1. The topological polar surface area (TPSA) is 38.0 Å². The summed E-state index contributed by atoms with van der Waals surface area (Å²) < 4.78 is 0. The minimum absolute atomic E-state index is 0.503. The van der Waals surface area contributed by atoms with Crippen molar-refractivity contribution in [2.45, 2.75) is 51.5 Å². The number of fused-ring (bicyclic) bond motifs is 2. The molecular weight excluding hydrogens is 196 g/mol. The molecular formula is C14H26N2.